The van der Waals surface area contributed by atoms with Crippen molar-refractivity contribution in [2.45, 2.75) is 13.1 Å². The molecule has 0 radical (unpaired) electrons. The molecule has 0 unspecified atom stereocenters. The molecule has 0 atom stereocenters. The first-order valence-corrected chi connectivity index (χ1v) is 5.29. The van der Waals surface area contributed by atoms with Crippen LogP contribution in [0.15, 0.2) is 12.3 Å². The van der Waals surface area contributed by atoms with Crippen LogP contribution in [0.2, 0.25) is 0 Å². The summed E-state index contributed by atoms with van der Waals surface area (Å²) < 4.78 is 39.7. The van der Waals surface area contributed by atoms with E-state index in [-0.39, 0.29) is 24.7 Å². The Labute approximate surface area is 106 Å². The Morgan fingerprint density at radius 2 is 2.21 bits per heavy atom. The maximum absolute atomic E-state index is 11.8. The average Bonchev–Trinajstić information content (AvgIpc) is 2.26. The molecule has 9 heteroatoms. The summed E-state index contributed by atoms with van der Waals surface area (Å²) in [5, 5.41) is 13.4. The van der Waals surface area contributed by atoms with Gasteiger partial charge in [-0.15, -0.1) is 0 Å². The lowest BCUT2D eigenvalue weighted by Gasteiger charge is -2.09. The molecule has 1 N–H and O–H groups in total. The zero-order valence-corrected chi connectivity index (χ0v) is 10.0. The number of ether oxygens (including phenoxy) is 1. The number of anilines is 1. The van der Waals surface area contributed by atoms with E-state index in [1.165, 1.54) is 12.3 Å². The van der Waals surface area contributed by atoms with Crippen LogP contribution >= 0.6 is 0 Å². The van der Waals surface area contributed by atoms with Crippen molar-refractivity contribution in [1.29, 1.82) is 0 Å². The molecule has 6 nitrogen and oxygen atoms in total. The normalized spacial score (nSPS) is 11.4. The van der Waals surface area contributed by atoms with Crippen LogP contribution in [0.1, 0.15) is 5.56 Å². The van der Waals surface area contributed by atoms with Gasteiger partial charge in [-0.2, -0.15) is 13.2 Å². The van der Waals surface area contributed by atoms with Gasteiger partial charge in [-0.3, -0.25) is 10.1 Å². The van der Waals surface area contributed by atoms with Crippen LogP contribution in [-0.4, -0.2) is 35.8 Å². The molecule has 0 saturated carbocycles. The molecule has 1 heterocycles. The maximum atomic E-state index is 11.8. The Bertz CT molecular complexity index is 451. The fourth-order valence-electron chi connectivity index (χ4n) is 1.34. The van der Waals surface area contributed by atoms with E-state index in [1.54, 1.807) is 6.92 Å². The van der Waals surface area contributed by atoms with E-state index in [0.29, 0.717) is 5.56 Å². The standard InChI is InChI=1S/C10H12F3N3O3/c1-7-2-3-14-9(8(7)16(17)18)15-4-5-19-6-10(11,12)13/h2-3H,4-6H2,1H3,(H,14,15). The smallest absolute Gasteiger partial charge is 0.370 e. The molecule has 1 rings (SSSR count). The molecule has 0 bridgehead atoms. The van der Waals surface area contributed by atoms with Crippen LogP contribution in [0.25, 0.3) is 0 Å². The summed E-state index contributed by atoms with van der Waals surface area (Å²) in [6.45, 7) is -0.0389. The Morgan fingerprint density at radius 3 is 2.79 bits per heavy atom. The highest BCUT2D eigenvalue weighted by Gasteiger charge is 2.27. The van der Waals surface area contributed by atoms with Crippen molar-refractivity contribution in [3.63, 3.8) is 0 Å². The van der Waals surface area contributed by atoms with Crippen molar-refractivity contribution in [2.75, 3.05) is 25.1 Å². The molecule has 0 spiro atoms. The molecule has 0 aliphatic heterocycles. The van der Waals surface area contributed by atoms with Gasteiger partial charge in [0.2, 0.25) is 5.82 Å². The van der Waals surface area contributed by atoms with Gasteiger partial charge in [0.15, 0.2) is 0 Å². The lowest BCUT2D eigenvalue weighted by Crippen LogP contribution is -2.20. The van der Waals surface area contributed by atoms with Crippen molar-refractivity contribution in [2.24, 2.45) is 0 Å². The van der Waals surface area contributed by atoms with Gasteiger partial charge in [-0.05, 0) is 13.0 Å². The number of hydrogen-bond acceptors (Lipinski definition) is 5. The highest BCUT2D eigenvalue weighted by molar-refractivity contribution is 5.59. The molecule has 0 saturated heterocycles. The van der Waals surface area contributed by atoms with Crippen molar-refractivity contribution in [3.8, 4) is 0 Å². The van der Waals surface area contributed by atoms with Gasteiger partial charge in [0.1, 0.15) is 6.61 Å². The maximum Gasteiger partial charge on any atom is 0.411 e. The number of nitro groups is 1. The topological polar surface area (TPSA) is 77.3 Å². The van der Waals surface area contributed by atoms with E-state index < -0.39 is 17.7 Å². The van der Waals surface area contributed by atoms with Crippen molar-refractivity contribution in [3.05, 3.63) is 27.9 Å². The Kier molecular flexibility index (Phi) is 5.04. The summed E-state index contributed by atoms with van der Waals surface area (Å²) in [5.41, 5.74) is 0.219. The molecule has 0 aromatic carbocycles. The lowest BCUT2D eigenvalue weighted by molar-refractivity contribution is -0.384. The van der Waals surface area contributed by atoms with Crippen LogP contribution in [-0.2, 0) is 4.74 Å². The average molecular weight is 279 g/mol. The number of rotatable bonds is 6. The summed E-state index contributed by atoms with van der Waals surface area (Å²) in [6.07, 6.45) is -3.01. The number of aromatic nitrogens is 1. The number of pyridine rings is 1. The van der Waals surface area contributed by atoms with E-state index in [1.807, 2.05) is 0 Å². The molecule has 106 valence electrons. The second-order valence-electron chi connectivity index (χ2n) is 3.68. The Balaban J connectivity index is 2.50. The first kappa shape index (κ1) is 15.2. The third-order valence-corrected chi connectivity index (χ3v) is 2.11. The van der Waals surface area contributed by atoms with E-state index in [0.717, 1.165) is 0 Å². The summed E-state index contributed by atoms with van der Waals surface area (Å²) in [4.78, 5) is 14.0. The van der Waals surface area contributed by atoms with E-state index >= 15 is 0 Å². The Morgan fingerprint density at radius 1 is 1.53 bits per heavy atom. The highest BCUT2D eigenvalue weighted by atomic mass is 19.4. The predicted molar refractivity (Wildman–Crippen MR) is 61.0 cm³/mol. The second-order valence-corrected chi connectivity index (χ2v) is 3.68. The molecule has 19 heavy (non-hydrogen) atoms. The summed E-state index contributed by atoms with van der Waals surface area (Å²) in [5.74, 6) is 0.0145. The van der Waals surface area contributed by atoms with Gasteiger partial charge in [-0.1, -0.05) is 0 Å². The fourth-order valence-corrected chi connectivity index (χ4v) is 1.34. The number of halogens is 3. The molecule has 1 aromatic rings. The van der Waals surface area contributed by atoms with Crippen LogP contribution < -0.4 is 5.32 Å². The molecular weight excluding hydrogens is 267 g/mol. The number of nitrogens with zero attached hydrogens (tertiary/aromatic N) is 2. The van der Waals surface area contributed by atoms with Gasteiger partial charge in [-0.25, -0.2) is 4.98 Å². The third-order valence-electron chi connectivity index (χ3n) is 2.11. The summed E-state index contributed by atoms with van der Waals surface area (Å²) in [6, 6.07) is 1.48. The quantitative estimate of drug-likeness (QED) is 0.491. The number of hydrogen-bond donors (Lipinski definition) is 1. The van der Waals surface area contributed by atoms with Gasteiger partial charge < -0.3 is 10.1 Å². The minimum atomic E-state index is -4.38. The molecule has 0 aliphatic rings. The van der Waals surface area contributed by atoms with Crippen LogP contribution in [0, 0.1) is 17.0 Å². The molecule has 0 aliphatic carbocycles. The van der Waals surface area contributed by atoms with Gasteiger partial charge in [0, 0.05) is 18.3 Å². The highest BCUT2D eigenvalue weighted by Crippen LogP contribution is 2.25. The van der Waals surface area contributed by atoms with Gasteiger partial charge in [0.25, 0.3) is 0 Å². The van der Waals surface area contributed by atoms with Crippen LogP contribution in [0.5, 0.6) is 0 Å². The predicted octanol–water partition coefficient (Wildman–Crippen LogP) is 2.29. The van der Waals surface area contributed by atoms with E-state index in [2.05, 4.69) is 15.0 Å². The largest absolute Gasteiger partial charge is 0.411 e. The first-order valence-electron chi connectivity index (χ1n) is 5.29. The minimum absolute atomic E-state index is 0.00657. The summed E-state index contributed by atoms with van der Waals surface area (Å²) >= 11 is 0. The summed E-state index contributed by atoms with van der Waals surface area (Å²) in [7, 11) is 0. The lowest BCUT2D eigenvalue weighted by atomic mass is 10.2. The van der Waals surface area contributed by atoms with Crippen molar-refractivity contribution in [1.82, 2.24) is 4.98 Å². The fraction of sp³-hybridized carbons (Fsp3) is 0.500. The Hall–Kier alpha value is -1.90. The van der Waals surface area contributed by atoms with E-state index in [9.17, 15) is 23.3 Å². The zero-order valence-electron chi connectivity index (χ0n) is 10.0. The number of aryl methyl sites for hydroxylation is 1. The zero-order chi connectivity index (χ0) is 14.5. The van der Waals surface area contributed by atoms with Crippen LogP contribution in [0.3, 0.4) is 0 Å². The van der Waals surface area contributed by atoms with Gasteiger partial charge >= 0.3 is 11.9 Å². The third kappa shape index (κ3) is 5.08. The molecule has 0 fully saturated rings. The monoisotopic (exact) mass is 279 g/mol. The SMILES string of the molecule is Cc1ccnc(NCCOCC(F)(F)F)c1[N+](=O)[O-]. The minimum Gasteiger partial charge on any atom is -0.370 e. The second kappa shape index (κ2) is 6.32. The molecule has 0 amide bonds. The van der Waals surface area contributed by atoms with Crippen LogP contribution in [0.4, 0.5) is 24.7 Å². The molecular formula is C10H12F3N3O3. The number of nitrogens with one attached hydrogen (secondary N) is 1. The van der Waals surface area contributed by atoms with E-state index in [4.69, 9.17) is 0 Å². The van der Waals surface area contributed by atoms with Crippen molar-refractivity contribution >= 4 is 11.5 Å². The first-order chi connectivity index (χ1) is 8.81. The number of alkyl halides is 3. The van der Waals surface area contributed by atoms with Crippen molar-refractivity contribution < 1.29 is 22.8 Å². The van der Waals surface area contributed by atoms with Gasteiger partial charge in [0.05, 0.1) is 11.5 Å². The molecule has 1 aromatic heterocycles.